The molecule has 0 aromatic carbocycles. The molecule has 2 saturated heterocycles. The highest BCUT2D eigenvalue weighted by Gasteiger charge is 2.43. The normalized spacial score (nSPS) is 25.9. The summed E-state index contributed by atoms with van der Waals surface area (Å²) in [7, 11) is 0. The number of aromatic nitrogens is 2. The van der Waals surface area contributed by atoms with Gasteiger partial charge in [0.15, 0.2) is 0 Å². The average molecular weight is 358 g/mol. The molecule has 0 unspecified atom stereocenters. The van der Waals surface area contributed by atoms with E-state index in [9.17, 15) is 4.79 Å². The number of rotatable bonds is 5. The minimum absolute atomic E-state index is 0.0408. The number of aryl methyl sites for hydroxylation is 1. The maximum Gasteiger partial charge on any atom is 0.251 e. The highest BCUT2D eigenvalue weighted by Crippen LogP contribution is 2.34. The molecule has 4 rings (SSSR count). The fourth-order valence-corrected chi connectivity index (χ4v) is 4.55. The van der Waals surface area contributed by atoms with Gasteiger partial charge >= 0.3 is 0 Å². The Morgan fingerprint density at radius 1 is 1.40 bits per heavy atom. The number of ether oxygens (including phenoxy) is 1. The summed E-state index contributed by atoms with van der Waals surface area (Å²) in [4.78, 5) is 24.3. The van der Waals surface area contributed by atoms with Crippen molar-refractivity contribution in [1.29, 1.82) is 0 Å². The van der Waals surface area contributed by atoms with Crippen molar-refractivity contribution in [2.75, 3.05) is 26.2 Å². The molecule has 2 aromatic rings. The zero-order valence-corrected chi connectivity index (χ0v) is 15.0. The third kappa shape index (κ3) is 3.58. The van der Waals surface area contributed by atoms with E-state index < -0.39 is 0 Å². The molecule has 2 fully saturated rings. The van der Waals surface area contributed by atoms with Crippen LogP contribution in [-0.4, -0.2) is 53.1 Å². The molecule has 1 amide bonds. The Labute approximate surface area is 151 Å². The van der Waals surface area contributed by atoms with E-state index in [-0.39, 0.29) is 12.0 Å². The smallest absolute Gasteiger partial charge is 0.251 e. The number of hydrogen-bond donors (Lipinski definition) is 1. The molecule has 6 nitrogen and oxygen atoms in total. The van der Waals surface area contributed by atoms with Crippen molar-refractivity contribution in [3.05, 3.63) is 46.2 Å². The van der Waals surface area contributed by atoms with Gasteiger partial charge in [0.1, 0.15) is 0 Å². The van der Waals surface area contributed by atoms with Crippen molar-refractivity contribution >= 4 is 17.2 Å². The van der Waals surface area contributed by atoms with E-state index in [0.29, 0.717) is 23.9 Å². The Bertz CT molecular complexity index is 736. The van der Waals surface area contributed by atoms with Crippen LogP contribution >= 0.6 is 11.3 Å². The molecule has 0 radical (unpaired) electrons. The van der Waals surface area contributed by atoms with Crippen LogP contribution in [0.2, 0.25) is 0 Å². The van der Waals surface area contributed by atoms with Gasteiger partial charge in [0.2, 0.25) is 0 Å². The summed E-state index contributed by atoms with van der Waals surface area (Å²) in [5, 5.41) is 3.05. The van der Waals surface area contributed by atoms with E-state index in [1.807, 2.05) is 5.51 Å². The maximum atomic E-state index is 12.2. The summed E-state index contributed by atoms with van der Waals surface area (Å²) in [5.74, 6) is 0.829. The topological polar surface area (TPSA) is 67.4 Å². The van der Waals surface area contributed by atoms with Crippen LogP contribution in [0.1, 0.15) is 20.9 Å². The van der Waals surface area contributed by atoms with Crippen LogP contribution in [0, 0.1) is 18.8 Å². The van der Waals surface area contributed by atoms with Crippen LogP contribution in [0.3, 0.4) is 0 Å². The molecule has 0 aliphatic carbocycles. The quantitative estimate of drug-likeness (QED) is 0.882. The van der Waals surface area contributed by atoms with Crippen molar-refractivity contribution in [2.24, 2.45) is 11.8 Å². The lowest BCUT2D eigenvalue weighted by atomic mass is 9.93. The first-order valence-electron chi connectivity index (χ1n) is 8.62. The predicted molar refractivity (Wildman–Crippen MR) is 95.4 cm³/mol. The van der Waals surface area contributed by atoms with Crippen molar-refractivity contribution in [1.82, 2.24) is 20.2 Å². The fraction of sp³-hybridized carbons (Fsp3) is 0.500. The number of amides is 1. The molecule has 25 heavy (non-hydrogen) atoms. The van der Waals surface area contributed by atoms with Gasteiger partial charge in [-0.05, 0) is 19.1 Å². The Balaban J connectivity index is 1.31. The van der Waals surface area contributed by atoms with Crippen LogP contribution < -0.4 is 5.32 Å². The number of hydrogen-bond acceptors (Lipinski definition) is 6. The van der Waals surface area contributed by atoms with Crippen LogP contribution in [0.25, 0.3) is 0 Å². The van der Waals surface area contributed by atoms with Gasteiger partial charge in [-0.15, -0.1) is 11.3 Å². The number of nitrogens with one attached hydrogen (secondary N) is 1. The molecule has 4 heterocycles. The lowest BCUT2D eigenvalue weighted by Crippen LogP contribution is -2.34. The Kier molecular flexibility index (Phi) is 4.78. The predicted octanol–water partition coefficient (Wildman–Crippen LogP) is 1.72. The van der Waals surface area contributed by atoms with Crippen molar-refractivity contribution < 1.29 is 9.53 Å². The van der Waals surface area contributed by atoms with Crippen LogP contribution in [0.5, 0.6) is 0 Å². The molecule has 0 bridgehead atoms. The molecule has 0 spiro atoms. The number of likely N-dealkylation sites (tertiary alicyclic amines) is 1. The number of carbonyl (C=O) groups is 1. The molecular weight excluding hydrogens is 336 g/mol. The number of fused-ring (bicyclic) bond motifs is 1. The van der Waals surface area contributed by atoms with Crippen LogP contribution in [0.15, 0.2) is 30.0 Å². The van der Waals surface area contributed by atoms with Gasteiger partial charge in [-0.1, -0.05) is 0 Å². The second-order valence-electron chi connectivity index (χ2n) is 6.80. The second-order valence-corrected chi connectivity index (χ2v) is 7.74. The van der Waals surface area contributed by atoms with E-state index in [4.69, 9.17) is 4.74 Å². The highest BCUT2D eigenvalue weighted by molar-refractivity contribution is 7.09. The minimum Gasteiger partial charge on any atom is -0.376 e. The summed E-state index contributed by atoms with van der Waals surface area (Å²) in [6.45, 7) is 6.41. The molecule has 2 aliphatic rings. The lowest BCUT2D eigenvalue weighted by Gasteiger charge is -2.19. The molecule has 3 atom stereocenters. The molecule has 1 N–H and O–H groups in total. The molecule has 2 aliphatic heterocycles. The van der Waals surface area contributed by atoms with E-state index in [1.165, 1.54) is 4.88 Å². The van der Waals surface area contributed by atoms with Crippen LogP contribution in [0.4, 0.5) is 0 Å². The van der Waals surface area contributed by atoms with E-state index >= 15 is 0 Å². The van der Waals surface area contributed by atoms with E-state index in [1.54, 1.807) is 35.9 Å². The van der Waals surface area contributed by atoms with Gasteiger partial charge in [0.05, 0.1) is 23.9 Å². The second kappa shape index (κ2) is 7.19. The van der Waals surface area contributed by atoms with Crippen molar-refractivity contribution in [3.8, 4) is 0 Å². The highest BCUT2D eigenvalue weighted by atomic mass is 32.1. The minimum atomic E-state index is -0.0408. The molecule has 7 heteroatoms. The number of nitrogens with zero attached hydrogens (tertiary/aromatic N) is 3. The van der Waals surface area contributed by atoms with Gasteiger partial charge in [0, 0.05) is 60.8 Å². The molecule has 2 aromatic heterocycles. The standard InChI is InChI=1S/C18H22N4O2S/c1-12-17(25-11-21-12)9-22-7-15-14(10-24-16(15)8-22)6-20-18(23)13-2-4-19-5-3-13/h2-5,11,14-16H,6-10H2,1H3,(H,20,23)/t14-,15-,16-/m0/s1. The van der Waals surface area contributed by atoms with Crippen molar-refractivity contribution in [2.45, 2.75) is 19.6 Å². The largest absolute Gasteiger partial charge is 0.376 e. The SMILES string of the molecule is Cc1ncsc1CN1C[C@H]2[C@@H](CNC(=O)c3ccncc3)CO[C@H]2C1. The average Bonchev–Trinajstić information content (AvgIpc) is 3.31. The summed E-state index contributed by atoms with van der Waals surface area (Å²) in [6.07, 6.45) is 3.57. The number of pyridine rings is 1. The zero-order chi connectivity index (χ0) is 17.2. The summed E-state index contributed by atoms with van der Waals surface area (Å²) < 4.78 is 5.99. The lowest BCUT2D eigenvalue weighted by molar-refractivity contribution is 0.0904. The summed E-state index contributed by atoms with van der Waals surface area (Å²) in [5.41, 5.74) is 3.69. The first kappa shape index (κ1) is 16.6. The van der Waals surface area contributed by atoms with Gasteiger partial charge in [-0.2, -0.15) is 0 Å². The summed E-state index contributed by atoms with van der Waals surface area (Å²) >= 11 is 1.72. The number of carbonyl (C=O) groups excluding carboxylic acids is 1. The van der Waals surface area contributed by atoms with Gasteiger partial charge in [0.25, 0.3) is 5.91 Å². The number of thiazole rings is 1. The molecule has 132 valence electrons. The Hall–Kier alpha value is -1.83. The third-order valence-electron chi connectivity index (χ3n) is 5.19. The van der Waals surface area contributed by atoms with Crippen LogP contribution in [-0.2, 0) is 11.3 Å². The first-order chi connectivity index (χ1) is 12.2. The van der Waals surface area contributed by atoms with Gasteiger partial charge < -0.3 is 10.1 Å². The maximum absolute atomic E-state index is 12.2. The molecular formula is C18H22N4O2S. The Morgan fingerprint density at radius 3 is 3.00 bits per heavy atom. The molecule has 0 saturated carbocycles. The van der Waals surface area contributed by atoms with Crippen molar-refractivity contribution in [3.63, 3.8) is 0 Å². The first-order valence-corrected chi connectivity index (χ1v) is 9.50. The van der Waals surface area contributed by atoms with E-state index in [0.717, 1.165) is 31.9 Å². The fourth-order valence-electron chi connectivity index (χ4n) is 3.73. The Morgan fingerprint density at radius 2 is 2.24 bits per heavy atom. The third-order valence-corrected chi connectivity index (χ3v) is 6.11. The zero-order valence-electron chi connectivity index (χ0n) is 14.2. The van der Waals surface area contributed by atoms with E-state index in [2.05, 4.69) is 27.1 Å². The van der Waals surface area contributed by atoms with Gasteiger partial charge in [-0.25, -0.2) is 4.98 Å². The summed E-state index contributed by atoms with van der Waals surface area (Å²) in [6, 6.07) is 3.47. The van der Waals surface area contributed by atoms with Gasteiger partial charge in [-0.3, -0.25) is 14.7 Å². The monoisotopic (exact) mass is 358 g/mol.